The second-order valence-electron chi connectivity index (χ2n) is 4.43. The van der Waals surface area contributed by atoms with Crippen molar-refractivity contribution in [3.05, 3.63) is 53.0 Å². The van der Waals surface area contributed by atoms with Crippen LogP contribution in [0, 0.1) is 0 Å². The topological polar surface area (TPSA) is 51.0 Å². The van der Waals surface area contributed by atoms with E-state index in [0.717, 1.165) is 28.8 Å². The fraction of sp³-hybridized carbons (Fsp3) is 0.0667. The number of nitrogens with one attached hydrogen (secondary N) is 1. The normalized spacial score (nSPS) is 11.2. The molecule has 0 aliphatic heterocycles. The molecule has 0 aliphatic rings. The predicted octanol–water partition coefficient (Wildman–Crippen LogP) is 4.05. The Morgan fingerprint density at radius 3 is 2.95 bits per heavy atom. The first-order valence-corrected chi connectivity index (χ1v) is 7.18. The Bertz CT molecular complexity index is 867. The monoisotopic (exact) mass is 281 g/mol. The number of benzene rings is 1. The SMILES string of the molecule is c1csc(CNc2ncnc3c2oc2ccccc23)c1. The fourth-order valence-electron chi connectivity index (χ4n) is 2.23. The number of rotatable bonds is 3. The molecular formula is C15H11N3OS. The smallest absolute Gasteiger partial charge is 0.196 e. The minimum Gasteiger partial charge on any atom is -0.450 e. The van der Waals surface area contributed by atoms with E-state index in [1.807, 2.05) is 30.3 Å². The second-order valence-corrected chi connectivity index (χ2v) is 5.46. The van der Waals surface area contributed by atoms with Crippen molar-refractivity contribution in [3.8, 4) is 0 Å². The van der Waals surface area contributed by atoms with Crippen LogP contribution in [0.3, 0.4) is 0 Å². The van der Waals surface area contributed by atoms with E-state index in [0.29, 0.717) is 5.58 Å². The van der Waals surface area contributed by atoms with E-state index >= 15 is 0 Å². The molecule has 4 rings (SSSR count). The standard InChI is InChI=1S/C15H11N3OS/c1-2-6-12-11(5-1)13-14(19-12)15(18-9-17-13)16-8-10-4-3-7-20-10/h1-7,9H,8H2,(H,16,17,18). The van der Waals surface area contributed by atoms with Gasteiger partial charge in [0, 0.05) is 10.3 Å². The van der Waals surface area contributed by atoms with Crippen molar-refractivity contribution in [2.75, 3.05) is 5.32 Å². The zero-order valence-corrected chi connectivity index (χ0v) is 11.4. The van der Waals surface area contributed by atoms with Gasteiger partial charge in [-0.3, -0.25) is 0 Å². The van der Waals surface area contributed by atoms with E-state index in [4.69, 9.17) is 4.42 Å². The van der Waals surface area contributed by atoms with Gasteiger partial charge in [0.2, 0.25) is 0 Å². The summed E-state index contributed by atoms with van der Waals surface area (Å²) in [5, 5.41) is 6.40. The highest BCUT2D eigenvalue weighted by molar-refractivity contribution is 7.09. The summed E-state index contributed by atoms with van der Waals surface area (Å²) >= 11 is 1.72. The molecule has 0 fully saturated rings. The molecule has 4 nitrogen and oxygen atoms in total. The van der Waals surface area contributed by atoms with Gasteiger partial charge in [-0.05, 0) is 23.6 Å². The van der Waals surface area contributed by atoms with Gasteiger partial charge in [0.25, 0.3) is 0 Å². The lowest BCUT2D eigenvalue weighted by atomic mass is 10.2. The number of thiophene rings is 1. The van der Waals surface area contributed by atoms with Gasteiger partial charge in [-0.15, -0.1) is 11.3 Å². The van der Waals surface area contributed by atoms with Crippen molar-refractivity contribution in [2.24, 2.45) is 0 Å². The van der Waals surface area contributed by atoms with Gasteiger partial charge >= 0.3 is 0 Å². The lowest BCUT2D eigenvalue weighted by molar-refractivity contribution is 0.666. The Morgan fingerprint density at radius 2 is 2.05 bits per heavy atom. The van der Waals surface area contributed by atoms with Crippen LogP contribution in [0.1, 0.15) is 4.88 Å². The van der Waals surface area contributed by atoms with E-state index in [2.05, 4.69) is 26.7 Å². The number of fused-ring (bicyclic) bond motifs is 3. The number of anilines is 1. The maximum Gasteiger partial charge on any atom is 0.196 e. The van der Waals surface area contributed by atoms with Gasteiger partial charge in [0.15, 0.2) is 11.4 Å². The molecule has 4 aromatic rings. The Morgan fingerprint density at radius 1 is 1.10 bits per heavy atom. The van der Waals surface area contributed by atoms with Crippen LogP contribution >= 0.6 is 11.3 Å². The fourth-order valence-corrected chi connectivity index (χ4v) is 2.88. The summed E-state index contributed by atoms with van der Waals surface area (Å²) in [5.41, 5.74) is 2.40. The number of furan rings is 1. The molecule has 0 unspecified atom stereocenters. The zero-order chi connectivity index (χ0) is 13.4. The van der Waals surface area contributed by atoms with Gasteiger partial charge in [-0.25, -0.2) is 9.97 Å². The largest absolute Gasteiger partial charge is 0.450 e. The summed E-state index contributed by atoms with van der Waals surface area (Å²) in [6.07, 6.45) is 1.57. The maximum atomic E-state index is 5.87. The van der Waals surface area contributed by atoms with Crippen LogP contribution in [0.2, 0.25) is 0 Å². The highest BCUT2D eigenvalue weighted by Crippen LogP contribution is 2.30. The van der Waals surface area contributed by atoms with Crippen LogP contribution < -0.4 is 5.32 Å². The molecule has 20 heavy (non-hydrogen) atoms. The zero-order valence-electron chi connectivity index (χ0n) is 10.5. The second kappa shape index (κ2) is 4.61. The lowest BCUT2D eigenvalue weighted by Gasteiger charge is -2.03. The quantitative estimate of drug-likeness (QED) is 0.615. The highest BCUT2D eigenvalue weighted by atomic mass is 32.1. The highest BCUT2D eigenvalue weighted by Gasteiger charge is 2.12. The first-order chi connectivity index (χ1) is 9.92. The Balaban J connectivity index is 1.79. The third-order valence-corrected chi connectivity index (χ3v) is 4.04. The molecule has 1 aromatic carbocycles. The summed E-state index contributed by atoms with van der Waals surface area (Å²) in [5.74, 6) is 0.736. The third-order valence-electron chi connectivity index (χ3n) is 3.17. The van der Waals surface area contributed by atoms with Crippen molar-refractivity contribution in [1.82, 2.24) is 9.97 Å². The Kier molecular flexibility index (Phi) is 2.63. The Hall–Kier alpha value is -2.40. The average Bonchev–Trinajstić information content (AvgIpc) is 3.12. The number of hydrogen-bond donors (Lipinski definition) is 1. The summed E-state index contributed by atoms with van der Waals surface area (Å²) in [6, 6.07) is 12.0. The minimum atomic E-state index is 0.713. The molecule has 98 valence electrons. The molecule has 0 atom stereocenters. The molecule has 0 spiro atoms. The van der Waals surface area contributed by atoms with Crippen LogP contribution in [0.15, 0.2) is 52.5 Å². The van der Waals surface area contributed by atoms with Gasteiger partial charge in [-0.2, -0.15) is 0 Å². The molecule has 3 aromatic heterocycles. The van der Waals surface area contributed by atoms with Crippen molar-refractivity contribution >= 4 is 39.2 Å². The predicted molar refractivity (Wildman–Crippen MR) is 81.0 cm³/mol. The van der Waals surface area contributed by atoms with Crippen LogP contribution in [0.5, 0.6) is 0 Å². The van der Waals surface area contributed by atoms with Crippen LogP contribution in [-0.4, -0.2) is 9.97 Å². The first-order valence-electron chi connectivity index (χ1n) is 6.30. The summed E-state index contributed by atoms with van der Waals surface area (Å²) < 4.78 is 5.87. The number of aromatic nitrogens is 2. The molecule has 0 amide bonds. The first kappa shape index (κ1) is 11.4. The maximum absolute atomic E-state index is 5.87. The van der Waals surface area contributed by atoms with Gasteiger partial charge in [0.1, 0.15) is 17.4 Å². The van der Waals surface area contributed by atoms with Crippen molar-refractivity contribution < 1.29 is 4.42 Å². The van der Waals surface area contributed by atoms with Crippen LogP contribution in [-0.2, 0) is 6.54 Å². The molecule has 5 heteroatoms. The van der Waals surface area contributed by atoms with Gasteiger partial charge in [-0.1, -0.05) is 18.2 Å². The van der Waals surface area contributed by atoms with Crippen LogP contribution in [0.4, 0.5) is 5.82 Å². The average molecular weight is 281 g/mol. The molecule has 0 saturated carbocycles. The number of hydrogen-bond acceptors (Lipinski definition) is 5. The number of nitrogens with zero attached hydrogens (tertiary/aromatic N) is 2. The van der Waals surface area contributed by atoms with E-state index < -0.39 is 0 Å². The summed E-state index contributed by atoms with van der Waals surface area (Å²) in [7, 11) is 0. The van der Waals surface area contributed by atoms with E-state index in [9.17, 15) is 0 Å². The molecule has 0 bridgehead atoms. The minimum absolute atomic E-state index is 0.713. The lowest BCUT2D eigenvalue weighted by Crippen LogP contribution is -2.00. The summed E-state index contributed by atoms with van der Waals surface area (Å²) in [4.78, 5) is 9.88. The Labute approximate surface area is 119 Å². The molecule has 0 aliphatic carbocycles. The van der Waals surface area contributed by atoms with Crippen molar-refractivity contribution in [2.45, 2.75) is 6.54 Å². The molecule has 0 radical (unpaired) electrons. The van der Waals surface area contributed by atoms with Gasteiger partial charge in [0.05, 0.1) is 6.54 Å². The van der Waals surface area contributed by atoms with Crippen molar-refractivity contribution in [1.29, 1.82) is 0 Å². The molecule has 0 saturated heterocycles. The van der Waals surface area contributed by atoms with E-state index in [1.165, 1.54) is 4.88 Å². The molecule has 3 heterocycles. The molecular weight excluding hydrogens is 270 g/mol. The van der Waals surface area contributed by atoms with Crippen LogP contribution in [0.25, 0.3) is 22.1 Å². The number of para-hydroxylation sites is 1. The van der Waals surface area contributed by atoms with Crippen molar-refractivity contribution in [3.63, 3.8) is 0 Å². The third kappa shape index (κ3) is 1.83. The molecule has 1 N–H and O–H groups in total. The van der Waals surface area contributed by atoms with E-state index in [1.54, 1.807) is 17.7 Å². The van der Waals surface area contributed by atoms with Gasteiger partial charge < -0.3 is 9.73 Å². The summed E-state index contributed by atoms with van der Waals surface area (Å²) in [6.45, 7) is 0.737. The van der Waals surface area contributed by atoms with E-state index in [-0.39, 0.29) is 0 Å².